The molecular formula is C12H16N2O5S. The molecule has 1 saturated heterocycles. The van der Waals surface area contributed by atoms with Crippen molar-refractivity contribution in [2.75, 3.05) is 19.8 Å². The van der Waals surface area contributed by atoms with Gasteiger partial charge in [-0.3, -0.25) is 4.79 Å². The van der Waals surface area contributed by atoms with Crippen LogP contribution < -0.4 is 5.32 Å². The molecule has 1 aromatic heterocycles. The number of nitrogens with zero attached hydrogens (tertiary/aromatic N) is 1. The first kappa shape index (κ1) is 14.9. The fourth-order valence-electron chi connectivity index (χ4n) is 1.81. The zero-order valence-corrected chi connectivity index (χ0v) is 12.0. The summed E-state index contributed by atoms with van der Waals surface area (Å²) in [7, 11) is 0. The molecule has 1 amide bonds. The number of rotatable bonds is 4. The van der Waals surface area contributed by atoms with Gasteiger partial charge < -0.3 is 19.9 Å². The Morgan fingerprint density at radius 3 is 2.80 bits per heavy atom. The highest BCUT2D eigenvalue weighted by molar-refractivity contribution is 7.13. The van der Waals surface area contributed by atoms with Crippen LogP contribution in [0.5, 0.6) is 0 Å². The number of aromatic carboxylic acids is 1. The molecule has 8 heteroatoms. The quantitative estimate of drug-likeness (QED) is 0.851. The Hall–Kier alpha value is -1.51. The zero-order valence-electron chi connectivity index (χ0n) is 11.2. The van der Waals surface area contributed by atoms with Gasteiger partial charge in [0.05, 0.1) is 31.6 Å². The van der Waals surface area contributed by atoms with Crippen molar-refractivity contribution in [3.8, 4) is 0 Å². The Morgan fingerprint density at radius 2 is 2.25 bits per heavy atom. The predicted molar refractivity (Wildman–Crippen MR) is 70.9 cm³/mol. The summed E-state index contributed by atoms with van der Waals surface area (Å²) in [6, 6.07) is -0.371. The standard InChI is InChI=1S/C12H16N2O5S/c1-6-9(12(16)17)20-11(14-6)7(2)13-10(15)8-5-18-3-4-19-8/h7-8H,3-5H2,1-2H3,(H,13,15)(H,16,17). The van der Waals surface area contributed by atoms with Crippen molar-refractivity contribution in [3.05, 3.63) is 15.6 Å². The molecule has 0 saturated carbocycles. The number of hydrogen-bond donors (Lipinski definition) is 2. The molecule has 2 unspecified atom stereocenters. The third-order valence-electron chi connectivity index (χ3n) is 2.84. The van der Waals surface area contributed by atoms with Gasteiger partial charge in [-0.1, -0.05) is 0 Å². The van der Waals surface area contributed by atoms with Crippen LogP contribution in [0.3, 0.4) is 0 Å². The highest BCUT2D eigenvalue weighted by Crippen LogP contribution is 2.23. The minimum absolute atomic E-state index is 0.193. The van der Waals surface area contributed by atoms with Crippen molar-refractivity contribution in [2.24, 2.45) is 0 Å². The summed E-state index contributed by atoms with van der Waals surface area (Å²) in [4.78, 5) is 27.3. The van der Waals surface area contributed by atoms with E-state index in [-0.39, 0.29) is 23.4 Å². The van der Waals surface area contributed by atoms with E-state index in [1.807, 2.05) is 0 Å². The second-order valence-corrected chi connectivity index (χ2v) is 5.47. The number of thiazole rings is 1. The number of carbonyl (C=O) groups excluding carboxylic acids is 1. The maximum Gasteiger partial charge on any atom is 0.347 e. The van der Waals surface area contributed by atoms with Crippen LogP contribution in [0.15, 0.2) is 0 Å². The Balaban J connectivity index is 2.00. The number of ether oxygens (including phenoxy) is 2. The van der Waals surface area contributed by atoms with E-state index in [1.54, 1.807) is 13.8 Å². The van der Waals surface area contributed by atoms with Crippen LogP contribution in [0.25, 0.3) is 0 Å². The molecule has 110 valence electrons. The Morgan fingerprint density at radius 1 is 1.50 bits per heavy atom. The lowest BCUT2D eigenvalue weighted by molar-refractivity contribution is -0.148. The first-order chi connectivity index (χ1) is 9.49. The molecule has 0 radical (unpaired) electrons. The van der Waals surface area contributed by atoms with Crippen LogP contribution in [0.4, 0.5) is 0 Å². The van der Waals surface area contributed by atoms with E-state index >= 15 is 0 Å². The molecule has 20 heavy (non-hydrogen) atoms. The fraction of sp³-hybridized carbons (Fsp3) is 0.583. The SMILES string of the molecule is Cc1nc(C(C)NC(=O)C2COCCO2)sc1C(=O)O. The van der Waals surface area contributed by atoms with E-state index in [0.717, 1.165) is 11.3 Å². The normalized spacial score (nSPS) is 20.4. The van der Waals surface area contributed by atoms with Crippen LogP contribution in [-0.2, 0) is 14.3 Å². The van der Waals surface area contributed by atoms with E-state index in [0.29, 0.717) is 23.9 Å². The largest absolute Gasteiger partial charge is 0.477 e. The van der Waals surface area contributed by atoms with Crippen molar-refractivity contribution < 1.29 is 24.2 Å². The molecule has 2 N–H and O–H groups in total. The Kier molecular flexibility index (Phi) is 4.69. The molecule has 0 spiro atoms. The molecule has 1 aliphatic rings. The smallest absolute Gasteiger partial charge is 0.347 e. The minimum Gasteiger partial charge on any atom is -0.477 e. The summed E-state index contributed by atoms with van der Waals surface area (Å²) in [6.07, 6.45) is -0.619. The topological polar surface area (TPSA) is 97.8 Å². The lowest BCUT2D eigenvalue weighted by Crippen LogP contribution is -2.43. The number of carboxylic acid groups (broad SMARTS) is 1. The second-order valence-electron chi connectivity index (χ2n) is 4.44. The van der Waals surface area contributed by atoms with Crippen LogP contribution in [0, 0.1) is 6.92 Å². The van der Waals surface area contributed by atoms with Gasteiger partial charge in [0.25, 0.3) is 5.91 Å². The summed E-state index contributed by atoms with van der Waals surface area (Å²) >= 11 is 1.07. The fourth-order valence-corrected chi connectivity index (χ4v) is 2.72. The molecule has 2 atom stereocenters. The molecule has 0 bridgehead atoms. The average molecular weight is 300 g/mol. The van der Waals surface area contributed by atoms with Crippen LogP contribution in [0.2, 0.25) is 0 Å². The van der Waals surface area contributed by atoms with E-state index in [4.69, 9.17) is 14.6 Å². The molecule has 1 aliphatic heterocycles. The van der Waals surface area contributed by atoms with Crippen molar-refractivity contribution in [1.82, 2.24) is 10.3 Å². The summed E-state index contributed by atoms with van der Waals surface area (Å²) in [5.41, 5.74) is 0.454. The van der Waals surface area contributed by atoms with Gasteiger partial charge in [-0.15, -0.1) is 11.3 Å². The lowest BCUT2D eigenvalue weighted by Gasteiger charge is -2.23. The minimum atomic E-state index is -1.01. The molecule has 0 aromatic carbocycles. The number of carbonyl (C=O) groups is 2. The molecule has 1 aromatic rings. The highest BCUT2D eigenvalue weighted by Gasteiger charge is 2.25. The van der Waals surface area contributed by atoms with Gasteiger partial charge in [0.2, 0.25) is 0 Å². The average Bonchev–Trinajstić information content (AvgIpc) is 2.82. The van der Waals surface area contributed by atoms with Crippen LogP contribution in [-0.4, -0.2) is 47.9 Å². The van der Waals surface area contributed by atoms with E-state index in [9.17, 15) is 9.59 Å². The molecule has 0 aliphatic carbocycles. The van der Waals surface area contributed by atoms with Gasteiger partial charge in [0.1, 0.15) is 9.88 Å². The summed E-state index contributed by atoms with van der Waals surface area (Å²) in [5, 5.41) is 12.3. The van der Waals surface area contributed by atoms with Gasteiger partial charge in [-0.05, 0) is 13.8 Å². The number of nitrogens with one attached hydrogen (secondary N) is 1. The van der Waals surface area contributed by atoms with Crippen molar-refractivity contribution in [1.29, 1.82) is 0 Å². The van der Waals surface area contributed by atoms with Gasteiger partial charge in [0, 0.05) is 0 Å². The highest BCUT2D eigenvalue weighted by atomic mass is 32.1. The van der Waals surface area contributed by atoms with E-state index < -0.39 is 12.1 Å². The molecule has 7 nitrogen and oxygen atoms in total. The van der Waals surface area contributed by atoms with Crippen LogP contribution in [0.1, 0.15) is 33.3 Å². The first-order valence-corrected chi connectivity index (χ1v) is 7.01. The van der Waals surface area contributed by atoms with Crippen LogP contribution >= 0.6 is 11.3 Å². The third kappa shape index (κ3) is 3.33. The Bertz CT molecular complexity index is 510. The molecule has 1 fully saturated rings. The maximum atomic E-state index is 12.0. The maximum absolute atomic E-state index is 12.0. The second kappa shape index (κ2) is 6.29. The monoisotopic (exact) mass is 300 g/mol. The van der Waals surface area contributed by atoms with E-state index in [1.165, 1.54) is 0 Å². The first-order valence-electron chi connectivity index (χ1n) is 6.19. The predicted octanol–water partition coefficient (Wildman–Crippen LogP) is 0.742. The van der Waals surface area contributed by atoms with Gasteiger partial charge >= 0.3 is 5.97 Å². The number of aromatic nitrogens is 1. The summed E-state index contributed by atoms with van der Waals surface area (Å²) in [6.45, 7) is 4.51. The van der Waals surface area contributed by atoms with E-state index in [2.05, 4.69) is 10.3 Å². The van der Waals surface area contributed by atoms with Crippen molar-refractivity contribution in [3.63, 3.8) is 0 Å². The van der Waals surface area contributed by atoms with Gasteiger partial charge in [0.15, 0.2) is 6.10 Å². The number of hydrogen-bond acceptors (Lipinski definition) is 6. The van der Waals surface area contributed by atoms with Gasteiger partial charge in [-0.25, -0.2) is 9.78 Å². The summed E-state index contributed by atoms with van der Waals surface area (Å²) < 4.78 is 10.5. The molecule has 2 heterocycles. The third-order valence-corrected chi connectivity index (χ3v) is 4.17. The number of amides is 1. The van der Waals surface area contributed by atoms with Crippen molar-refractivity contribution >= 4 is 23.2 Å². The zero-order chi connectivity index (χ0) is 14.7. The Labute approximate surface area is 119 Å². The van der Waals surface area contributed by atoms with Gasteiger partial charge in [-0.2, -0.15) is 0 Å². The number of carboxylic acids is 1. The van der Waals surface area contributed by atoms with Crippen molar-refractivity contribution in [2.45, 2.75) is 26.0 Å². The molecule has 2 rings (SSSR count). The summed E-state index contributed by atoms with van der Waals surface area (Å²) in [5.74, 6) is -1.28. The molecular weight excluding hydrogens is 284 g/mol. The number of aryl methyl sites for hydroxylation is 1. The lowest BCUT2D eigenvalue weighted by atomic mass is 10.3.